The van der Waals surface area contributed by atoms with Gasteiger partial charge in [-0.25, -0.2) is 4.79 Å². The van der Waals surface area contributed by atoms with E-state index in [1.165, 1.54) is 0 Å². The summed E-state index contributed by atoms with van der Waals surface area (Å²) in [5.74, 6) is -0.187. The monoisotopic (exact) mass is 351 g/mol. The predicted octanol–water partition coefficient (Wildman–Crippen LogP) is 2.31. The van der Waals surface area contributed by atoms with Crippen LogP contribution in [0.2, 0.25) is 5.02 Å². The number of halogens is 1. The van der Waals surface area contributed by atoms with Crippen LogP contribution in [0.1, 0.15) is 25.8 Å². The van der Waals surface area contributed by atoms with Gasteiger partial charge < -0.3 is 20.2 Å². The molecular formula is C17H22ClN3O3. The third kappa shape index (κ3) is 2.96. The lowest BCUT2D eigenvalue weighted by molar-refractivity contribution is -0.122. The second kappa shape index (κ2) is 6.61. The first-order valence-corrected chi connectivity index (χ1v) is 8.62. The van der Waals surface area contributed by atoms with E-state index < -0.39 is 12.1 Å². The molecule has 2 atom stereocenters. The lowest BCUT2D eigenvalue weighted by Gasteiger charge is -2.42. The van der Waals surface area contributed by atoms with Crippen molar-refractivity contribution in [1.29, 1.82) is 0 Å². The fourth-order valence-electron chi connectivity index (χ4n) is 3.22. The van der Waals surface area contributed by atoms with Gasteiger partial charge in [0, 0.05) is 16.3 Å². The summed E-state index contributed by atoms with van der Waals surface area (Å²) in [6.45, 7) is 4.85. The number of aliphatic hydroxyl groups excluding tert-OH is 1. The summed E-state index contributed by atoms with van der Waals surface area (Å²) in [5, 5.41) is 12.9. The number of nitrogens with one attached hydrogen (secondary N) is 1. The SMILES string of the molecule is CCC(C)C1C(=O)Nc2cccc(Cl)c2CN1C(=O)N1CC(O)C1. The molecular weight excluding hydrogens is 330 g/mol. The van der Waals surface area contributed by atoms with Crippen molar-refractivity contribution in [3.63, 3.8) is 0 Å². The number of hydrogen-bond acceptors (Lipinski definition) is 3. The maximum atomic E-state index is 12.9. The van der Waals surface area contributed by atoms with Gasteiger partial charge in [-0.3, -0.25) is 4.79 Å². The number of fused-ring (bicyclic) bond motifs is 1. The molecule has 24 heavy (non-hydrogen) atoms. The first-order chi connectivity index (χ1) is 11.4. The molecule has 2 N–H and O–H groups in total. The second-order valence-corrected chi connectivity index (χ2v) is 6.96. The molecule has 130 valence electrons. The predicted molar refractivity (Wildman–Crippen MR) is 91.8 cm³/mol. The van der Waals surface area contributed by atoms with Gasteiger partial charge in [0.05, 0.1) is 25.7 Å². The summed E-state index contributed by atoms with van der Waals surface area (Å²) in [4.78, 5) is 28.8. The normalized spacial score (nSPS) is 22.3. The number of benzene rings is 1. The minimum absolute atomic E-state index is 0.00763. The number of amides is 3. The Balaban J connectivity index is 1.98. The Kier molecular flexibility index (Phi) is 4.69. The van der Waals surface area contributed by atoms with E-state index in [2.05, 4.69) is 5.32 Å². The number of carbonyl (C=O) groups is 2. The minimum Gasteiger partial charge on any atom is -0.389 e. The van der Waals surface area contributed by atoms with Crippen molar-refractivity contribution in [1.82, 2.24) is 9.80 Å². The van der Waals surface area contributed by atoms with Crippen LogP contribution in [0, 0.1) is 5.92 Å². The largest absolute Gasteiger partial charge is 0.389 e. The molecule has 0 radical (unpaired) electrons. The van der Waals surface area contributed by atoms with E-state index in [1.54, 1.807) is 28.0 Å². The summed E-state index contributed by atoms with van der Waals surface area (Å²) < 4.78 is 0. The summed E-state index contributed by atoms with van der Waals surface area (Å²) in [5.41, 5.74) is 1.40. The highest BCUT2D eigenvalue weighted by Crippen LogP contribution is 2.32. The maximum Gasteiger partial charge on any atom is 0.321 e. The fraction of sp³-hybridized carbons (Fsp3) is 0.529. The molecule has 2 unspecified atom stereocenters. The van der Waals surface area contributed by atoms with Crippen LogP contribution < -0.4 is 5.32 Å². The third-order valence-electron chi connectivity index (χ3n) is 4.87. The van der Waals surface area contributed by atoms with Gasteiger partial charge in [-0.1, -0.05) is 37.9 Å². The van der Waals surface area contributed by atoms with Crippen LogP contribution in [0.5, 0.6) is 0 Å². The summed E-state index contributed by atoms with van der Waals surface area (Å²) in [6, 6.07) is 4.54. The van der Waals surface area contributed by atoms with E-state index in [0.717, 1.165) is 12.0 Å². The van der Waals surface area contributed by atoms with E-state index in [9.17, 15) is 14.7 Å². The first-order valence-electron chi connectivity index (χ1n) is 8.24. The number of nitrogens with zero attached hydrogens (tertiary/aromatic N) is 2. The van der Waals surface area contributed by atoms with Crippen LogP contribution in [-0.2, 0) is 11.3 Å². The lowest BCUT2D eigenvalue weighted by Crippen LogP contribution is -2.60. The molecule has 0 saturated carbocycles. The van der Waals surface area contributed by atoms with E-state index in [1.807, 2.05) is 13.8 Å². The van der Waals surface area contributed by atoms with E-state index in [4.69, 9.17) is 11.6 Å². The molecule has 6 nitrogen and oxygen atoms in total. The quantitative estimate of drug-likeness (QED) is 0.858. The molecule has 0 aromatic heterocycles. The second-order valence-electron chi connectivity index (χ2n) is 6.55. The van der Waals surface area contributed by atoms with Crippen molar-refractivity contribution in [3.05, 3.63) is 28.8 Å². The van der Waals surface area contributed by atoms with Gasteiger partial charge in [-0.05, 0) is 18.1 Å². The first kappa shape index (κ1) is 17.0. The number of urea groups is 1. The van der Waals surface area contributed by atoms with Crippen LogP contribution in [-0.4, -0.2) is 52.1 Å². The van der Waals surface area contributed by atoms with Crippen LogP contribution in [0.25, 0.3) is 0 Å². The number of likely N-dealkylation sites (tertiary alicyclic amines) is 1. The molecule has 1 saturated heterocycles. The Morgan fingerprint density at radius 3 is 2.79 bits per heavy atom. The summed E-state index contributed by atoms with van der Waals surface area (Å²) >= 11 is 6.30. The zero-order chi connectivity index (χ0) is 17.4. The number of rotatable bonds is 2. The number of β-amino-alcohol motifs (C(OH)–C–C–N with tert-alkyl or cyclic N) is 1. The minimum atomic E-state index is -0.566. The highest BCUT2D eigenvalue weighted by molar-refractivity contribution is 6.32. The zero-order valence-corrected chi connectivity index (χ0v) is 14.6. The van der Waals surface area contributed by atoms with Gasteiger partial charge in [0.25, 0.3) is 0 Å². The number of anilines is 1. The van der Waals surface area contributed by atoms with Crippen molar-refractivity contribution in [2.45, 2.75) is 39.0 Å². The Hall–Kier alpha value is -1.79. The van der Waals surface area contributed by atoms with E-state index in [0.29, 0.717) is 23.8 Å². The molecule has 0 spiro atoms. The summed E-state index contributed by atoms with van der Waals surface area (Å²) in [6.07, 6.45) is 0.293. The summed E-state index contributed by atoms with van der Waals surface area (Å²) in [7, 11) is 0. The topological polar surface area (TPSA) is 72.9 Å². The third-order valence-corrected chi connectivity index (χ3v) is 5.23. The van der Waals surface area contributed by atoms with Crippen LogP contribution in [0.4, 0.5) is 10.5 Å². The highest BCUT2D eigenvalue weighted by atomic mass is 35.5. The number of aliphatic hydroxyl groups is 1. The smallest absolute Gasteiger partial charge is 0.321 e. The molecule has 3 rings (SSSR count). The van der Waals surface area contributed by atoms with Gasteiger partial charge in [0.1, 0.15) is 6.04 Å². The van der Waals surface area contributed by atoms with Crippen molar-refractivity contribution >= 4 is 29.2 Å². The lowest BCUT2D eigenvalue weighted by atomic mass is 9.96. The molecule has 2 heterocycles. The molecule has 1 aromatic carbocycles. The van der Waals surface area contributed by atoms with Gasteiger partial charge >= 0.3 is 6.03 Å². The van der Waals surface area contributed by atoms with Crippen LogP contribution >= 0.6 is 11.6 Å². The van der Waals surface area contributed by atoms with Gasteiger partial charge in [0.15, 0.2) is 0 Å². The molecule has 2 aliphatic rings. The zero-order valence-electron chi connectivity index (χ0n) is 13.8. The van der Waals surface area contributed by atoms with E-state index >= 15 is 0 Å². The molecule has 1 aromatic rings. The maximum absolute atomic E-state index is 12.9. The Bertz CT molecular complexity index is 660. The Labute approximate surface area is 146 Å². The molecule has 7 heteroatoms. The van der Waals surface area contributed by atoms with Crippen LogP contribution in [0.15, 0.2) is 18.2 Å². The van der Waals surface area contributed by atoms with E-state index in [-0.39, 0.29) is 24.4 Å². The molecule has 2 aliphatic heterocycles. The molecule has 0 aliphatic carbocycles. The average molecular weight is 352 g/mol. The van der Waals surface area contributed by atoms with Crippen molar-refractivity contribution < 1.29 is 14.7 Å². The molecule has 0 bridgehead atoms. The van der Waals surface area contributed by atoms with Crippen molar-refractivity contribution in [2.24, 2.45) is 5.92 Å². The van der Waals surface area contributed by atoms with Gasteiger partial charge in [-0.2, -0.15) is 0 Å². The number of carbonyl (C=O) groups excluding carboxylic acids is 2. The number of hydrogen-bond donors (Lipinski definition) is 2. The Morgan fingerprint density at radius 1 is 1.46 bits per heavy atom. The molecule has 1 fully saturated rings. The van der Waals surface area contributed by atoms with Crippen molar-refractivity contribution in [3.8, 4) is 0 Å². The standard InChI is InChI=1S/C17H22ClN3O3/c1-3-10(2)15-16(23)19-14-6-4-5-13(18)12(14)9-21(15)17(24)20-7-11(22)8-20/h4-6,10-11,15,22H,3,7-9H2,1-2H3,(H,19,23). The molecule has 3 amide bonds. The van der Waals surface area contributed by atoms with Crippen molar-refractivity contribution in [2.75, 3.05) is 18.4 Å². The highest BCUT2D eigenvalue weighted by Gasteiger charge is 2.41. The fourth-order valence-corrected chi connectivity index (χ4v) is 3.46. The average Bonchev–Trinajstić information content (AvgIpc) is 2.67. The van der Waals surface area contributed by atoms with Gasteiger partial charge in [0.2, 0.25) is 5.91 Å². The Morgan fingerprint density at radius 2 is 2.17 bits per heavy atom. The van der Waals surface area contributed by atoms with Crippen LogP contribution in [0.3, 0.4) is 0 Å². The van der Waals surface area contributed by atoms with Gasteiger partial charge in [-0.15, -0.1) is 0 Å².